The molecule has 0 aliphatic rings. The molecule has 0 nitrogen and oxygen atoms in total. The molecule has 0 spiro atoms. The molecule has 0 N–H and O–H groups in total. The van der Waals surface area contributed by atoms with Crippen LogP contribution in [0.25, 0.3) is 41.1 Å². The van der Waals surface area contributed by atoms with Gasteiger partial charge in [0, 0.05) is 10.8 Å². The Morgan fingerprint density at radius 1 is 0.516 bits per heavy atom. The summed E-state index contributed by atoms with van der Waals surface area (Å²) in [5, 5.41) is 2.93. The van der Waals surface area contributed by atoms with E-state index < -0.39 is 0 Å². The lowest BCUT2D eigenvalue weighted by atomic mass is 9.98. The molecule has 0 fully saturated rings. The van der Waals surface area contributed by atoms with Crippen LogP contribution in [0.3, 0.4) is 0 Å². The number of fused-ring (bicyclic) bond motifs is 3. The number of aryl methyl sites for hydroxylation is 6. The van der Waals surface area contributed by atoms with Gasteiger partial charge in [0.2, 0.25) is 0 Å². The van der Waals surface area contributed by atoms with Gasteiger partial charge in [-0.2, -0.15) is 0 Å². The standard InChI is InChI=1S/C26H22I2S3/c1-11-7-13(3)17(14(4)8-11)21-23-19(25(27)30-21)20-24(29-23)22(31-26(20)28)18-15(5)9-12(2)10-16(18)6/h7-10H,1-6H3. The van der Waals surface area contributed by atoms with Crippen molar-refractivity contribution in [3.63, 3.8) is 0 Å². The van der Waals surface area contributed by atoms with Crippen molar-refractivity contribution in [1.29, 1.82) is 0 Å². The highest BCUT2D eigenvalue weighted by Gasteiger charge is 2.25. The molecule has 158 valence electrons. The van der Waals surface area contributed by atoms with E-state index in [4.69, 9.17) is 0 Å². The minimum Gasteiger partial charge on any atom is -0.132 e. The summed E-state index contributed by atoms with van der Waals surface area (Å²) < 4.78 is 5.74. The van der Waals surface area contributed by atoms with Crippen LogP contribution in [0.5, 0.6) is 0 Å². The van der Waals surface area contributed by atoms with E-state index in [1.165, 1.54) is 80.2 Å². The monoisotopic (exact) mass is 684 g/mol. The summed E-state index contributed by atoms with van der Waals surface area (Å²) in [5.74, 6) is 0. The van der Waals surface area contributed by atoms with Crippen LogP contribution in [-0.2, 0) is 0 Å². The predicted octanol–water partition coefficient (Wildman–Crippen LogP) is 10.6. The number of rotatable bonds is 2. The van der Waals surface area contributed by atoms with Crippen molar-refractivity contribution >= 4 is 99.4 Å². The van der Waals surface area contributed by atoms with Crippen LogP contribution in [0, 0.1) is 47.3 Å². The minimum absolute atomic E-state index is 1.34. The molecule has 0 amide bonds. The number of thiophene rings is 3. The SMILES string of the molecule is Cc1cc(C)c(-c2sc(I)c3c2sc2c(-c4c(C)cc(C)cc4C)sc(I)c23)c(C)c1. The van der Waals surface area contributed by atoms with Gasteiger partial charge >= 0.3 is 0 Å². The molecule has 0 radical (unpaired) electrons. The van der Waals surface area contributed by atoms with Gasteiger partial charge in [0.15, 0.2) is 0 Å². The molecule has 5 rings (SSSR count). The Bertz CT molecular complexity index is 1350. The second kappa shape index (κ2) is 8.08. The van der Waals surface area contributed by atoms with E-state index in [2.05, 4.69) is 111 Å². The maximum Gasteiger partial charge on any atom is 0.0754 e. The molecule has 0 aliphatic carbocycles. The predicted molar refractivity (Wildman–Crippen MR) is 160 cm³/mol. The fourth-order valence-corrected chi connectivity index (χ4v) is 11.7. The molecular weight excluding hydrogens is 662 g/mol. The smallest absolute Gasteiger partial charge is 0.0754 e. The fraction of sp³-hybridized carbons (Fsp3) is 0.231. The average Bonchev–Trinajstić information content (AvgIpc) is 3.26. The van der Waals surface area contributed by atoms with E-state index in [1.54, 1.807) is 0 Å². The molecule has 31 heavy (non-hydrogen) atoms. The first-order valence-corrected chi connectivity index (χ1v) is 14.8. The highest BCUT2D eigenvalue weighted by molar-refractivity contribution is 14.1. The van der Waals surface area contributed by atoms with Crippen LogP contribution in [0.4, 0.5) is 0 Å². The highest BCUT2D eigenvalue weighted by atomic mass is 127. The van der Waals surface area contributed by atoms with Gasteiger partial charge < -0.3 is 0 Å². The first-order valence-electron chi connectivity index (χ1n) is 10.2. The number of hydrogen-bond donors (Lipinski definition) is 0. The first-order chi connectivity index (χ1) is 14.7. The topological polar surface area (TPSA) is 0 Å². The number of halogens is 2. The van der Waals surface area contributed by atoms with E-state index in [9.17, 15) is 0 Å². The molecular formula is C26H22I2S3. The van der Waals surface area contributed by atoms with E-state index in [1.807, 2.05) is 34.0 Å². The van der Waals surface area contributed by atoms with Crippen LogP contribution in [0.2, 0.25) is 0 Å². The van der Waals surface area contributed by atoms with Gasteiger partial charge in [0.05, 0.1) is 24.9 Å². The Kier molecular flexibility index (Phi) is 5.82. The molecule has 3 heterocycles. The second-order valence-corrected chi connectivity index (χ2v) is 15.2. The van der Waals surface area contributed by atoms with Crippen molar-refractivity contribution in [3.8, 4) is 20.9 Å². The summed E-state index contributed by atoms with van der Waals surface area (Å²) in [7, 11) is 0. The highest BCUT2D eigenvalue weighted by Crippen LogP contribution is 2.54. The Morgan fingerprint density at radius 2 is 0.839 bits per heavy atom. The zero-order chi connectivity index (χ0) is 22.2. The Balaban J connectivity index is 1.86. The largest absolute Gasteiger partial charge is 0.132 e. The maximum atomic E-state index is 2.57. The Hall–Kier alpha value is -0.480. The van der Waals surface area contributed by atoms with Crippen LogP contribution in [0.1, 0.15) is 33.4 Å². The van der Waals surface area contributed by atoms with Gasteiger partial charge in [-0.25, -0.2) is 0 Å². The van der Waals surface area contributed by atoms with E-state index in [-0.39, 0.29) is 0 Å². The summed E-state index contributed by atoms with van der Waals surface area (Å²) in [6.45, 7) is 13.4. The molecule has 0 unspecified atom stereocenters. The third-order valence-electron chi connectivity index (χ3n) is 5.91. The summed E-state index contributed by atoms with van der Waals surface area (Å²) in [5.41, 5.74) is 11.1. The van der Waals surface area contributed by atoms with Crippen LogP contribution >= 0.6 is 79.2 Å². The van der Waals surface area contributed by atoms with Gasteiger partial charge in [-0.3, -0.25) is 0 Å². The minimum atomic E-state index is 1.34. The van der Waals surface area contributed by atoms with Crippen molar-refractivity contribution in [3.05, 3.63) is 63.4 Å². The molecule has 0 bridgehead atoms. The summed E-state index contributed by atoms with van der Waals surface area (Å²) >= 11 is 11.0. The van der Waals surface area contributed by atoms with E-state index in [0.29, 0.717) is 0 Å². The molecule has 0 aliphatic heterocycles. The van der Waals surface area contributed by atoms with Crippen LogP contribution < -0.4 is 0 Å². The van der Waals surface area contributed by atoms with Crippen molar-refractivity contribution < 1.29 is 0 Å². The van der Waals surface area contributed by atoms with E-state index in [0.717, 1.165) is 0 Å². The van der Waals surface area contributed by atoms with Gasteiger partial charge in [-0.1, -0.05) is 35.4 Å². The molecule has 5 heteroatoms. The van der Waals surface area contributed by atoms with Crippen molar-refractivity contribution in [2.24, 2.45) is 0 Å². The van der Waals surface area contributed by atoms with Gasteiger partial charge in [0.25, 0.3) is 0 Å². The lowest BCUT2D eigenvalue weighted by molar-refractivity contribution is 1.33. The maximum absolute atomic E-state index is 2.57. The first kappa shape index (κ1) is 22.3. The van der Waals surface area contributed by atoms with Gasteiger partial charge in [-0.05, 0) is 120 Å². The van der Waals surface area contributed by atoms with Crippen molar-refractivity contribution in [1.82, 2.24) is 0 Å². The third kappa shape index (κ3) is 3.54. The quantitative estimate of drug-likeness (QED) is 0.162. The lowest BCUT2D eigenvalue weighted by Gasteiger charge is -2.10. The average molecular weight is 684 g/mol. The molecule has 3 aromatic heterocycles. The van der Waals surface area contributed by atoms with E-state index >= 15 is 0 Å². The number of hydrogen-bond acceptors (Lipinski definition) is 3. The fourth-order valence-electron chi connectivity index (χ4n) is 4.91. The zero-order valence-corrected chi connectivity index (χ0v) is 25.1. The van der Waals surface area contributed by atoms with Crippen LogP contribution in [0.15, 0.2) is 24.3 Å². The van der Waals surface area contributed by atoms with Gasteiger partial charge in [-0.15, -0.1) is 34.0 Å². The Morgan fingerprint density at radius 3 is 1.16 bits per heavy atom. The normalized spacial score (nSPS) is 11.9. The summed E-state index contributed by atoms with van der Waals surface area (Å²) in [6, 6.07) is 9.30. The van der Waals surface area contributed by atoms with Crippen molar-refractivity contribution in [2.75, 3.05) is 0 Å². The van der Waals surface area contributed by atoms with Gasteiger partial charge in [0.1, 0.15) is 0 Å². The summed E-state index contributed by atoms with van der Waals surface area (Å²) in [6.07, 6.45) is 0. The third-order valence-corrected chi connectivity index (χ3v) is 11.8. The second-order valence-electron chi connectivity index (χ2n) is 8.47. The molecule has 0 saturated heterocycles. The number of benzene rings is 2. The zero-order valence-electron chi connectivity index (χ0n) is 18.3. The molecule has 0 saturated carbocycles. The molecule has 0 atom stereocenters. The van der Waals surface area contributed by atoms with Crippen molar-refractivity contribution in [2.45, 2.75) is 41.5 Å². The lowest BCUT2D eigenvalue weighted by Crippen LogP contribution is -1.88. The van der Waals surface area contributed by atoms with Crippen LogP contribution in [-0.4, -0.2) is 0 Å². The summed E-state index contributed by atoms with van der Waals surface area (Å²) in [4.78, 5) is 2.89. The molecule has 2 aromatic carbocycles. The Labute approximate surface area is 223 Å². The molecule has 5 aromatic rings.